The van der Waals surface area contributed by atoms with Gasteiger partial charge >= 0.3 is 0 Å². The van der Waals surface area contributed by atoms with E-state index in [4.69, 9.17) is 0 Å². The van der Waals surface area contributed by atoms with Crippen LogP contribution in [0.1, 0.15) is 21.6 Å². The molecule has 0 bridgehead atoms. The van der Waals surface area contributed by atoms with Crippen LogP contribution in [0.5, 0.6) is 0 Å². The van der Waals surface area contributed by atoms with E-state index in [2.05, 4.69) is 23.7 Å². The first kappa shape index (κ1) is 20.1. The van der Waals surface area contributed by atoms with Crippen LogP contribution < -0.4 is 10.2 Å². The van der Waals surface area contributed by atoms with Crippen molar-refractivity contribution < 1.29 is 14.5 Å². The summed E-state index contributed by atoms with van der Waals surface area (Å²) in [6, 6.07) is 7.98. The van der Waals surface area contributed by atoms with Crippen LogP contribution in [0.4, 0.5) is 5.69 Å². The minimum atomic E-state index is -0.176. The molecule has 0 saturated heterocycles. The fraction of sp³-hybridized carbons (Fsp3) is 0.400. The lowest BCUT2D eigenvalue weighted by molar-refractivity contribution is -0.885. The van der Waals surface area contributed by atoms with Gasteiger partial charge in [-0.2, -0.15) is 0 Å². The Morgan fingerprint density at radius 3 is 2.35 bits per heavy atom. The number of aryl methyl sites for hydroxylation is 3. The summed E-state index contributed by atoms with van der Waals surface area (Å²) in [7, 11) is 3.68. The lowest BCUT2D eigenvalue weighted by Crippen LogP contribution is -3.08. The van der Waals surface area contributed by atoms with Crippen molar-refractivity contribution in [2.75, 3.05) is 32.5 Å². The van der Waals surface area contributed by atoms with Crippen LogP contribution >= 0.6 is 11.3 Å². The fourth-order valence-electron chi connectivity index (χ4n) is 2.81. The van der Waals surface area contributed by atoms with Crippen LogP contribution in [0.2, 0.25) is 0 Å². The molecule has 2 rings (SSSR count). The highest BCUT2D eigenvalue weighted by atomic mass is 32.1. The number of thiophene rings is 1. The molecule has 0 spiro atoms. The van der Waals surface area contributed by atoms with Gasteiger partial charge in [-0.25, -0.2) is 0 Å². The summed E-state index contributed by atoms with van der Waals surface area (Å²) in [5.41, 5.74) is 4.13. The fourth-order valence-corrected chi connectivity index (χ4v) is 3.83. The number of rotatable bonds is 7. The summed E-state index contributed by atoms with van der Waals surface area (Å²) in [6.07, 6.45) is 0. The topological polar surface area (TPSA) is 53.9 Å². The molecule has 2 amide bonds. The zero-order valence-electron chi connectivity index (χ0n) is 16.2. The Hall–Kier alpha value is -2.18. The van der Waals surface area contributed by atoms with Crippen molar-refractivity contribution in [3.05, 3.63) is 51.2 Å². The standard InChI is InChI=1S/C20H27N3O2S/c1-14-9-10-26-17(14)11-22(4)13-19(25)23(5)12-18(24)21-20-15(2)7-6-8-16(20)3/h6-10H,11-13H2,1-5H3,(H,21,24)/p+1. The van der Waals surface area contributed by atoms with Gasteiger partial charge in [-0.1, -0.05) is 18.2 Å². The summed E-state index contributed by atoms with van der Waals surface area (Å²) in [4.78, 5) is 28.6. The average Bonchev–Trinajstić information content (AvgIpc) is 2.95. The van der Waals surface area contributed by atoms with Crippen molar-refractivity contribution in [2.45, 2.75) is 27.3 Å². The Morgan fingerprint density at radius 1 is 1.12 bits per heavy atom. The van der Waals surface area contributed by atoms with Crippen molar-refractivity contribution in [1.29, 1.82) is 0 Å². The van der Waals surface area contributed by atoms with Crippen LogP contribution in [0, 0.1) is 20.8 Å². The number of benzene rings is 1. The monoisotopic (exact) mass is 374 g/mol. The maximum absolute atomic E-state index is 12.4. The van der Waals surface area contributed by atoms with E-state index in [1.165, 1.54) is 15.3 Å². The maximum atomic E-state index is 12.4. The van der Waals surface area contributed by atoms with Gasteiger partial charge < -0.3 is 15.1 Å². The second-order valence-electron chi connectivity index (χ2n) is 6.90. The summed E-state index contributed by atoms with van der Waals surface area (Å²) in [5, 5.41) is 5.00. The highest BCUT2D eigenvalue weighted by Crippen LogP contribution is 2.19. The molecule has 26 heavy (non-hydrogen) atoms. The Bertz CT molecular complexity index is 765. The number of hydrogen-bond acceptors (Lipinski definition) is 3. The number of carbonyl (C=O) groups is 2. The number of quaternary nitrogens is 1. The van der Waals surface area contributed by atoms with Crippen LogP contribution in [0.25, 0.3) is 0 Å². The minimum absolute atomic E-state index is 0.0339. The number of nitrogens with zero attached hydrogens (tertiary/aromatic N) is 1. The summed E-state index contributed by atoms with van der Waals surface area (Å²) < 4.78 is 0. The Balaban J connectivity index is 1.86. The molecule has 5 nitrogen and oxygen atoms in total. The Kier molecular flexibility index (Phi) is 6.94. The maximum Gasteiger partial charge on any atom is 0.277 e. The van der Waals surface area contributed by atoms with Gasteiger partial charge in [0, 0.05) is 12.7 Å². The molecule has 0 fully saturated rings. The molecule has 1 unspecified atom stereocenters. The molecule has 0 aliphatic heterocycles. The zero-order valence-corrected chi connectivity index (χ0v) is 17.0. The SMILES string of the molecule is Cc1ccsc1C[NH+](C)CC(=O)N(C)CC(=O)Nc1c(C)cccc1C. The van der Waals surface area contributed by atoms with Gasteiger partial charge in [0.15, 0.2) is 6.54 Å². The van der Waals surface area contributed by atoms with Gasteiger partial charge in [0.1, 0.15) is 6.54 Å². The van der Waals surface area contributed by atoms with Crippen molar-refractivity contribution in [3.8, 4) is 0 Å². The summed E-state index contributed by atoms with van der Waals surface area (Å²) in [5.74, 6) is -0.210. The number of hydrogen-bond donors (Lipinski definition) is 2. The van der Waals surface area contributed by atoms with E-state index in [1.807, 2.05) is 39.1 Å². The number of nitrogens with one attached hydrogen (secondary N) is 2. The smallest absolute Gasteiger partial charge is 0.277 e. The number of amides is 2. The molecule has 1 aromatic carbocycles. The molecule has 6 heteroatoms. The van der Waals surface area contributed by atoms with Crippen LogP contribution in [0.3, 0.4) is 0 Å². The first-order chi connectivity index (χ1) is 12.3. The van der Waals surface area contributed by atoms with Crippen molar-refractivity contribution in [3.63, 3.8) is 0 Å². The molecule has 2 aromatic rings. The summed E-state index contributed by atoms with van der Waals surface area (Å²) >= 11 is 1.72. The zero-order chi connectivity index (χ0) is 19.3. The molecule has 1 heterocycles. The molecular weight excluding hydrogens is 346 g/mol. The van der Waals surface area contributed by atoms with E-state index in [0.29, 0.717) is 6.54 Å². The average molecular weight is 375 g/mol. The Morgan fingerprint density at radius 2 is 1.77 bits per heavy atom. The molecule has 0 radical (unpaired) electrons. The van der Waals surface area contributed by atoms with Crippen molar-refractivity contribution in [2.24, 2.45) is 0 Å². The molecule has 0 saturated carbocycles. The predicted molar refractivity (Wildman–Crippen MR) is 107 cm³/mol. The third-order valence-electron chi connectivity index (χ3n) is 4.44. The van der Waals surface area contributed by atoms with Crippen LogP contribution in [-0.2, 0) is 16.1 Å². The predicted octanol–water partition coefficient (Wildman–Crippen LogP) is 1.79. The molecule has 1 aromatic heterocycles. The van der Waals surface area contributed by atoms with Gasteiger partial charge in [-0.05, 0) is 48.9 Å². The first-order valence-corrected chi connectivity index (χ1v) is 9.60. The Labute approximate surface area is 159 Å². The number of para-hydroxylation sites is 1. The van der Waals surface area contributed by atoms with Gasteiger partial charge in [-0.15, -0.1) is 11.3 Å². The third kappa shape index (κ3) is 5.41. The lowest BCUT2D eigenvalue weighted by atomic mass is 10.1. The highest BCUT2D eigenvalue weighted by molar-refractivity contribution is 7.10. The van der Waals surface area contributed by atoms with E-state index in [1.54, 1.807) is 18.4 Å². The van der Waals surface area contributed by atoms with Crippen LogP contribution in [0.15, 0.2) is 29.6 Å². The van der Waals surface area contributed by atoms with Gasteiger partial charge in [0.25, 0.3) is 5.91 Å². The van der Waals surface area contributed by atoms with Crippen molar-refractivity contribution >= 4 is 28.8 Å². The van der Waals surface area contributed by atoms with Gasteiger partial charge in [-0.3, -0.25) is 9.59 Å². The third-order valence-corrected chi connectivity index (χ3v) is 5.46. The van der Waals surface area contributed by atoms with E-state index >= 15 is 0 Å². The van der Waals surface area contributed by atoms with Gasteiger partial charge in [0.05, 0.1) is 18.5 Å². The second kappa shape index (κ2) is 8.96. The molecule has 1 atom stereocenters. The molecule has 140 valence electrons. The second-order valence-corrected chi connectivity index (χ2v) is 7.90. The first-order valence-electron chi connectivity index (χ1n) is 8.72. The number of carbonyl (C=O) groups excluding carboxylic acids is 2. The van der Waals surface area contributed by atoms with Gasteiger partial charge in [0.2, 0.25) is 5.91 Å². The summed E-state index contributed by atoms with van der Waals surface area (Å²) in [6.45, 7) is 7.25. The molecule has 0 aliphatic carbocycles. The number of anilines is 1. The highest BCUT2D eigenvalue weighted by Gasteiger charge is 2.18. The minimum Gasteiger partial charge on any atom is -0.332 e. The quantitative estimate of drug-likeness (QED) is 0.776. The molecule has 2 N–H and O–H groups in total. The van der Waals surface area contributed by atoms with E-state index in [-0.39, 0.29) is 18.4 Å². The number of likely N-dealkylation sites (N-methyl/N-ethyl adjacent to an activating group) is 2. The van der Waals surface area contributed by atoms with Crippen molar-refractivity contribution in [1.82, 2.24) is 4.90 Å². The largest absolute Gasteiger partial charge is 0.332 e. The molecule has 0 aliphatic rings. The lowest BCUT2D eigenvalue weighted by Gasteiger charge is -2.20. The van der Waals surface area contributed by atoms with E-state index in [9.17, 15) is 9.59 Å². The normalized spacial score (nSPS) is 11.9. The van der Waals surface area contributed by atoms with Crippen LogP contribution in [-0.4, -0.2) is 43.9 Å². The van der Waals surface area contributed by atoms with E-state index in [0.717, 1.165) is 28.3 Å². The van der Waals surface area contributed by atoms with E-state index < -0.39 is 0 Å². The molecular formula is C20H28N3O2S+.